The van der Waals surface area contributed by atoms with Crippen molar-refractivity contribution in [1.82, 2.24) is 14.7 Å². The second-order valence-electron chi connectivity index (χ2n) is 6.98. The minimum Gasteiger partial charge on any atom is -0.481 e. The van der Waals surface area contributed by atoms with E-state index in [1.807, 2.05) is 4.72 Å². The molecule has 2 N–H and O–H groups in total. The molecule has 162 valence electrons. The summed E-state index contributed by atoms with van der Waals surface area (Å²) >= 11 is 5.81. The number of halogens is 1. The van der Waals surface area contributed by atoms with E-state index in [-0.39, 0.29) is 35.6 Å². The largest absolute Gasteiger partial charge is 0.481 e. The Morgan fingerprint density at radius 1 is 1.10 bits per heavy atom. The molecule has 29 heavy (non-hydrogen) atoms. The Balaban J connectivity index is 2.06. The summed E-state index contributed by atoms with van der Waals surface area (Å²) in [6.07, 6.45) is 7.77. The van der Waals surface area contributed by atoms with Crippen molar-refractivity contribution >= 4 is 39.4 Å². The van der Waals surface area contributed by atoms with Gasteiger partial charge in [0.25, 0.3) is 0 Å². The summed E-state index contributed by atoms with van der Waals surface area (Å²) in [6, 6.07) is 0.276. The lowest BCUT2D eigenvalue weighted by atomic mass is 10.0. The summed E-state index contributed by atoms with van der Waals surface area (Å²) in [6.45, 7) is 0. The number of carbonyl (C=O) groups excluding carboxylic acids is 2. The Labute approximate surface area is 176 Å². The van der Waals surface area contributed by atoms with Crippen LogP contribution in [-0.4, -0.2) is 42.6 Å². The molecule has 0 bridgehead atoms. The second kappa shape index (κ2) is 11.3. The van der Waals surface area contributed by atoms with Crippen molar-refractivity contribution in [3.05, 3.63) is 11.2 Å². The number of aromatic nitrogens is 2. The molecule has 0 saturated heterocycles. The first-order valence-corrected chi connectivity index (χ1v) is 11.7. The van der Waals surface area contributed by atoms with Gasteiger partial charge in [0.15, 0.2) is 5.78 Å². The molecule has 1 aliphatic rings. The minimum absolute atomic E-state index is 0.0181. The molecule has 2 rings (SSSR count). The number of hydrogen-bond acceptors (Lipinski definition) is 7. The van der Waals surface area contributed by atoms with Crippen molar-refractivity contribution in [1.29, 1.82) is 0 Å². The third-order valence-electron chi connectivity index (χ3n) is 4.71. The number of ketones is 1. The molecule has 1 aromatic rings. The fourth-order valence-electron chi connectivity index (χ4n) is 3.22. The van der Waals surface area contributed by atoms with E-state index in [2.05, 4.69) is 15.3 Å². The number of nitrogens with one attached hydrogen (secondary N) is 2. The molecule has 1 aromatic heterocycles. The molecule has 9 nitrogen and oxygen atoms in total. The third-order valence-corrected chi connectivity index (χ3v) is 6.63. The van der Waals surface area contributed by atoms with Gasteiger partial charge in [-0.1, -0.05) is 56.5 Å². The van der Waals surface area contributed by atoms with Gasteiger partial charge in [-0.15, -0.1) is 0 Å². The normalized spacial score (nSPS) is 19.5. The van der Waals surface area contributed by atoms with Crippen LogP contribution in [0.25, 0.3) is 0 Å². The van der Waals surface area contributed by atoms with E-state index >= 15 is 0 Å². The number of rotatable bonds is 4. The molecule has 1 saturated carbocycles. The third kappa shape index (κ3) is 7.77. The van der Waals surface area contributed by atoms with Gasteiger partial charge < -0.3 is 4.74 Å². The maximum atomic E-state index is 12.7. The summed E-state index contributed by atoms with van der Waals surface area (Å²) in [7, 11) is -2.83. The molecule has 11 heteroatoms. The van der Waals surface area contributed by atoms with Crippen molar-refractivity contribution in [3.8, 4) is 5.88 Å². The number of sulfonamides is 1. The number of ether oxygens (including phenoxy) is 1. The summed E-state index contributed by atoms with van der Waals surface area (Å²) < 4.78 is 32.3. The molecule has 1 heterocycles. The molecule has 0 radical (unpaired) electrons. The topological polar surface area (TPSA) is 127 Å². The first-order valence-electron chi connectivity index (χ1n) is 9.76. The Morgan fingerprint density at radius 3 is 2.38 bits per heavy atom. The van der Waals surface area contributed by atoms with Crippen molar-refractivity contribution in [2.45, 2.75) is 69.5 Å². The quantitative estimate of drug-likeness (QED) is 0.678. The van der Waals surface area contributed by atoms with Gasteiger partial charge in [-0.25, -0.2) is 22.9 Å². The van der Waals surface area contributed by atoms with Crippen LogP contribution in [0.2, 0.25) is 5.15 Å². The molecule has 1 atom stereocenters. The number of carbonyl (C=O) groups is 2. The molecule has 1 fully saturated rings. The second-order valence-corrected chi connectivity index (χ2v) is 9.23. The average molecular weight is 447 g/mol. The zero-order valence-electron chi connectivity index (χ0n) is 16.4. The fraction of sp³-hybridized carbons (Fsp3) is 0.667. The predicted octanol–water partition coefficient (Wildman–Crippen LogP) is 3.44. The first kappa shape index (κ1) is 23.3. The van der Waals surface area contributed by atoms with Gasteiger partial charge in [0.2, 0.25) is 21.9 Å². The van der Waals surface area contributed by atoms with E-state index in [4.69, 9.17) is 16.3 Å². The molecular weight excluding hydrogens is 420 g/mol. The number of nitrogens with zero attached hydrogens (tertiary/aromatic N) is 2. The highest BCUT2D eigenvalue weighted by atomic mass is 35.5. The first-order chi connectivity index (χ1) is 13.8. The highest BCUT2D eigenvalue weighted by molar-refractivity contribution is 7.91. The van der Waals surface area contributed by atoms with Gasteiger partial charge in [0, 0.05) is 12.5 Å². The van der Waals surface area contributed by atoms with Crippen LogP contribution in [-0.2, 0) is 14.8 Å². The van der Waals surface area contributed by atoms with Crippen LogP contribution in [0, 0.1) is 0 Å². The number of hydrogen-bond donors (Lipinski definition) is 2. The van der Waals surface area contributed by atoms with E-state index in [9.17, 15) is 18.0 Å². The fourth-order valence-corrected chi connectivity index (χ4v) is 4.79. The maximum absolute atomic E-state index is 12.7. The highest BCUT2D eigenvalue weighted by Gasteiger charge is 2.33. The van der Waals surface area contributed by atoms with Crippen LogP contribution in [0.3, 0.4) is 0 Å². The van der Waals surface area contributed by atoms with Crippen LogP contribution in [0.1, 0.15) is 64.2 Å². The van der Waals surface area contributed by atoms with Crippen LogP contribution in [0.4, 0.5) is 10.7 Å². The van der Waals surface area contributed by atoms with E-state index in [0.717, 1.165) is 38.5 Å². The SMILES string of the molecule is COc1cc(Cl)nc(NC(=O)NS(=O)(=O)C2CCCCCCCCCCC2=O)n1. The Hall–Kier alpha value is -1.94. The van der Waals surface area contributed by atoms with Crippen LogP contribution in [0.15, 0.2) is 6.07 Å². The lowest BCUT2D eigenvalue weighted by molar-refractivity contribution is -0.118. The van der Waals surface area contributed by atoms with Crippen LogP contribution >= 0.6 is 11.6 Å². The summed E-state index contributed by atoms with van der Waals surface area (Å²) in [5, 5.41) is 0.979. The van der Waals surface area contributed by atoms with Gasteiger partial charge >= 0.3 is 6.03 Å². The summed E-state index contributed by atoms with van der Waals surface area (Å²) in [5.74, 6) is -0.462. The van der Waals surface area contributed by atoms with E-state index < -0.39 is 21.3 Å². The number of methoxy groups -OCH3 is 1. The summed E-state index contributed by atoms with van der Waals surface area (Å²) in [5.41, 5.74) is 0. The smallest absolute Gasteiger partial charge is 0.335 e. The molecular formula is C18H27ClN4O5S. The van der Waals surface area contributed by atoms with Gasteiger partial charge in [0.1, 0.15) is 10.4 Å². The molecule has 0 aliphatic heterocycles. The Bertz CT molecular complexity index is 818. The van der Waals surface area contributed by atoms with Crippen molar-refractivity contribution < 1.29 is 22.7 Å². The molecule has 2 amide bonds. The van der Waals surface area contributed by atoms with Crippen LogP contribution < -0.4 is 14.8 Å². The van der Waals surface area contributed by atoms with Gasteiger partial charge in [0.05, 0.1) is 7.11 Å². The summed E-state index contributed by atoms with van der Waals surface area (Å²) in [4.78, 5) is 32.4. The lowest BCUT2D eigenvalue weighted by Gasteiger charge is -2.18. The average Bonchev–Trinajstić information content (AvgIpc) is 2.63. The minimum atomic E-state index is -4.20. The number of amides is 2. The zero-order valence-corrected chi connectivity index (χ0v) is 18.0. The molecule has 1 unspecified atom stereocenters. The Kier molecular flexibility index (Phi) is 9.09. The molecule has 0 spiro atoms. The van der Waals surface area contributed by atoms with Crippen LogP contribution in [0.5, 0.6) is 5.88 Å². The Morgan fingerprint density at radius 2 is 1.72 bits per heavy atom. The maximum Gasteiger partial charge on any atom is 0.335 e. The monoisotopic (exact) mass is 446 g/mol. The molecule has 0 aromatic carbocycles. The zero-order chi connectivity index (χ0) is 21.3. The number of urea groups is 1. The number of Topliss-reactive ketones (excluding diaryl/α,β-unsaturated/α-hetero) is 1. The molecule has 1 aliphatic carbocycles. The van der Waals surface area contributed by atoms with E-state index in [1.165, 1.54) is 13.2 Å². The lowest BCUT2D eigenvalue weighted by Crippen LogP contribution is -2.44. The van der Waals surface area contributed by atoms with Gasteiger partial charge in [-0.05, 0) is 12.8 Å². The predicted molar refractivity (Wildman–Crippen MR) is 110 cm³/mol. The van der Waals surface area contributed by atoms with E-state index in [0.29, 0.717) is 12.8 Å². The number of anilines is 1. The van der Waals surface area contributed by atoms with Crippen molar-refractivity contribution in [2.75, 3.05) is 12.4 Å². The standard InChI is InChI=1S/C18H27ClN4O5S/c1-28-16-12-15(19)20-17(21-16)22-18(25)23-29(26,27)14-11-9-7-5-3-2-4-6-8-10-13(14)24/h12,14H,2-11H2,1H3,(H2,20,21,22,23,25). The van der Waals surface area contributed by atoms with Gasteiger partial charge in [-0.2, -0.15) is 4.98 Å². The van der Waals surface area contributed by atoms with Gasteiger partial charge in [-0.3, -0.25) is 10.1 Å². The van der Waals surface area contributed by atoms with E-state index in [1.54, 1.807) is 0 Å². The van der Waals surface area contributed by atoms with Crippen molar-refractivity contribution in [2.24, 2.45) is 0 Å². The highest BCUT2D eigenvalue weighted by Crippen LogP contribution is 2.19. The van der Waals surface area contributed by atoms with Crippen molar-refractivity contribution in [3.63, 3.8) is 0 Å².